The van der Waals surface area contributed by atoms with Gasteiger partial charge in [-0.25, -0.2) is 26.1 Å². The number of thiophene rings is 3. The van der Waals surface area contributed by atoms with Crippen LogP contribution in [0.15, 0.2) is 28.6 Å². The number of thioether (sulfide) groups is 2. The van der Waals surface area contributed by atoms with Gasteiger partial charge < -0.3 is 31.4 Å². The van der Waals surface area contributed by atoms with Gasteiger partial charge in [-0.1, -0.05) is 7.43 Å². The molecule has 6 N–H and O–H groups in total. The molecule has 4 heterocycles. The first-order valence-corrected chi connectivity index (χ1v) is 21.6. The van der Waals surface area contributed by atoms with Gasteiger partial charge in [-0.05, 0) is 58.6 Å². The third kappa shape index (κ3) is 32.9. The summed E-state index contributed by atoms with van der Waals surface area (Å²) >= 11 is 20.4. The SMILES string of the molecule is C.O=P(Cl)(Cl)Cl.OC1CSC(O)CS1.[2H][B].[C-]#[N+]CC#N.[C-]#[N+]c1cc(N)sc1C=O.[C-]#[N+]c1cc(N=CN(C)C)sc1C=O.[C-]#[N+]c1ccsc1N.[U]. The number of hydrogen-bond donors (Lipinski definition) is 4. The molecule has 2 atom stereocenters. The number of hydrogen-bond acceptors (Lipinski definition) is 14. The second kappa shape index (κ2) is 35.5. The molecule has 2 radical (unpaired) electrons. The number of halogens is 3. The number of nitrogens with two attached hydrogens (primary N) is 2. The molecular weight excluding hydrogens is 1090 g/mol. The molecule has 1 aliphatic rings. The predicted octanol–water partition coefficient (Wildman–Crippen LogP) is 9.24. The number of aliphatic imine (C=N–C) groups is 1. The fourth-order valence-corrected chi connectivity index (χ4v) is 6.33. The van der Waals surface area contributed by atoms with Crippen LogP contribution in [0.5, 0.6) is 0 Å². The molecule has 14 nitrogen and oxygen atoms in total. The van der Waals surface area contributed by atoms with Crippen molar-refractivity contribution in [3.63, 3.8) is 0 Å². The molecule has 1 aliphatic heterocycles. The fourth-order valence-electron chi connectivity index (χ4n) is 2.30. The molecule has 0 aromatic carbocycles. The zero-order chi connectivity index (χ0) is 40.7. The summed E-state index contributed by atoms with van der Waals surface area (Å²) in [6, 6.07) is 6.49. The first-order chi connectivity index (χ1) is 24.5. The molecule has 0 bridgehead atoms. The van der Waals surface area contributed by atoms with Crippen molar-refractivity contribution in [1.82, 2.24) is 4.90 Å². The summed E-state index contributed by atoms with van der Waals surface area (Å²) in [5.41, 5.74) is 11.5. The van der Waals surface area contributed by atoms with Crippen LogP contribution in [-0.2, 0) is 4.57 Å². The van der Waals surface area contributed by atoms with Gasteiger partial charge in [0.15, 0.2) is 0 Å². The minimum atomic E-state index is -3.22. The molecule has 0 saturated carbocycles. The maximum atomic E-state index is 10.5. The van der Waals surface area contributed by atoms with Crippen LogP contribution in [0.1, 0.15) is 26.8 Å². The van der Waals surface area contributed by atoms with Crippen molar-refractivity contribution >= 4 is 156 Å². The molecule has 0 aliphatic carbocycles. The summed E-state index contributed by atoms with van der Waals surface area (Å²) in [5, 5.41) is 25.7. The van der Waals surface area contributed by atoms with E-state index < -0.39 is 5.20 Å². The number of nitrogen functional groups attached to an aromatic ring is 2. The van der Waals surface area contributed by atoms with Crippen LogP contribution >= 0.6 is 96.5 Å². The number of rotatable bonds is 4. The van der Waals surface area contributed by atoms with E-state index in [4.69, 9.17) is 54.6 Å². The van der Waals surface area contributed by atoms with Gasteiger partial charge in [0.1, 0.15) is 34.5 Å². The zero-order valence-corrected chi connectivity index (χ0v) is 38.3. The molecule has 282 valence electrons. The van der Waals surface area contributed by atoms with Crippen LogP contribution < -0.4 is 11.5 Å². The van der Waals surface area contributed by atoms with E-state index in [-0.39, 0.29) is 56.0 Å². The van der Waals surface area contributed by atoms with E-state index in [1.54, 1.807) is 29.4 Å². The van der Waals surface area contributed by atoms with Gasteiger partial charge in [-0.15, -0.1) is 57.5 Å². The van der Waals surface area contributed by atoms with Gasteiger partial charge in [0.05, 0.1) is 45.8 Å². The Bertz CT molecular complexity index is 1760. The Kier molecular flexibility index (Phi) is 38.5. The number of nitrogens with zero attached hydrogens (tertiary/aromatic N) is 7. The Balaban J connectivity index is -0.000000181. The van der Waals surface area contributed by atoms with Gasteiger partial charge >= 0.3 is 5.20 Å². The second-order valence-electron chi connectivity index (χ2n) is 8.13. The Hall–Kier alpha value is -2.20. The molecule has 3 aromatic heterocycles. The number of aliphatic hydroxyl groups excluding tert-OH is 2. The molecule has 4 rings (SSSR count). The van der Waals surface area contributed by atoms with Crippen molar-refractivity contribution in [3.8, 4) is 6.07 Å². The molecule has 53 heavy (non-hydrogen) atoms. The zero-order valence-electron chi connectivity index (χ0n) is 27.9. The Morgan fingerprint density at radius 1 is 1.02 bits per heavy atom. The van der Waals surface area contributed by atoms with Crippen LogP contribution in [0.3, 0.4) is 0 Å². The Labute approximate surface area is 371 Å². The van der Waals surface area contributed by atoms with E-state index in [0.29, 0.717) is 65.9 Å². The van der Waals surface area contributed by atoms with E-state index in [0.717, 1.165) is 11.3 Å². The van der Waals surface area contributed by atoms with Gasteiger partial charge in [0.25, 0.3) is 6.54 Å². The fraction of sp³-hybridized carbons (Fsp3) is 0.286. The standard InChI is InChI=1S/C9H9N3OS.C6H4N2OS.C5H4N2S.C4H8O2S2.C3H2N2.CH4.BH.Cl3OP.U/c1-10-7-4-9(11-6-12(2)3)14-8(7)5-13;1-8-4-2-6(7)10-5(4)3-9;1-7-4-2-3-8-5(4)6;5-3-1-7-4(6)2-8-3;1-5-3-2-4;;;1-5(2,3)4;/h4-6H,2-3H3;2-3H,7H2;2-3H,6H2;3-6H,1-2H2;3H2;1H4;1H;;/i;;;;;;1D;;. The molecule has 3 aromatic rings. The van der Waals surface area contributed by atoms with E-state index in [2.05, 4.69) is 66.5 Å². The van der Waals surface area contributed by atoms with Crippen molar-refractivity contribution in [2.75, 3.05) is 43.6 Å². The van der Waals surface area contributed by atoms with Gasteiger partial charge in [0, 0.05) is 65.1 Å². The number of anilines is 2. The third-order valence-electron chi connectivity index (χ3n) is 4.16. The number of nitriles is 1. The molecule has 0 amide bonds. The second-order valence-corrected chi connectivity index (χ2v) is 20.3. The van der Waals surface area contributed by atoms with Crippen LogP contribution in [0, 0.1) is 68.7 Å². The van der Waals surface area contributed by atoms with Crippen LogP contribution in [0.25, 0.3) is 19.4 Å². The average molecular weight is 1120 g/mol. The smallest absolute Gasteiger partial charge is 0.339 e. The van der Waals surface area contributed by atoms with Crippen molar-refractivity contribution < 1.29 is 55.5 Å². The van der Waals surface area contributed by atoms with Gasteiger partial charge in [0.2, 0.25) is 17.1 Å². The largest absolute Gasteiger partial charge is 0.399 e. The number of aliphatic hydroxyl groups is 2. The summed E-state index contributed by atoms with van der Waals surface area (Å²) in [4.78, 5) is 39.7. The van der Waals surface area contributed by atoms with Gasteiger partial charge in [-0.2, -0.15) is 5.26 Å². The quantitative estimate of drug-likeness (QED) is 0.0369. The molecule has 1 saturated heterocycles. The van der Waals surface area contributed by atoms with Crippen molar-refractivity contribution in [1.29, 1.82) is 6.60 Å². The Morgan fingerprint density at radius 3 is 1.74 bits per heavy atom. The van der Waals surface area contributed by atoms with E-state index in [1.165, 1.54) is 52.3 Å². The summed E-state index contributed by atoms with van der Waals surface area (Å²) in [7, 11) is 7.46. The molecule has 2 unspecified atom stereocenters. The monoisotopic (exact) mass is 1120 g/mol. The predicted molar refractivity (Wildman–Crippen MR) is 226 cm³/mol. The van der Waals surface area contributed by atoms with E-state index in [1.807, 2.05) is 19.5 Å². The summed E-state index contributed by atoms with van der Waals surface area (Å²) in [5.74, 6) is 1.32. The van der Waals surface area contributed by atoms with Crippen LogP contribution in [0.4, 0.5) is 32.1 Å². The van der Waals surface area contributed by atoms with Crippen molar-refractivity contribution in [2.24, 2.45) is 4.99 Å². The van der Waals surface area contributed by atoms with E-state index >= 15 is 0 Å². The molecule has 25 heteroatoms. The summed E-state index contributed by atoms with van der Waals surface area (Å²) in [6.45, 7) is 26.0. The van der Waals surface area contributed by atoms with Crippen molar-refractivity contribution in [2.45, 2.75) is 18.3 Å². The first kappa shape index (κ1) is 57.5. The van der Waals surface area contributed by atoms with Crippen molar-refractivity contribution in [3.05, 3.63) is 79.0 Å². The summed E-state index contributed by atoms with van der Waals surface area (Å²) < 4.78 is 14.8. The average Bonchev–Trinajstić information content (AvgIpc) is 3.83. The minimum absolute atomic E-state index is 0. The first-order valence-electron chi connectivity index (χ1n) is 13.2. The normalized spacial score (nSPS) is 13.2. The van der Waals surface area contributed by atoms with Crippen LogP contribution in [-0.4, -0.2) is 86.8 Å². The molecule has 1 fully saturated rings. The topological polar surface area (TPSA) is 201 Å². The van der Waals surface area contributed by atoms with E-state index in [9.17, 15) is 14.2 Å². The molecular formula is C28H32BCl3N9O5PS5U. The number of aldehydes is 2. The summed E-state index contributed by atoms with van der Waals surface area (Å²) in [6.07, 6.45) is 2.97. The maximum absolute atomic E-state index is 10.5. The maximum Gasteiger partial charge on any atom is 0.339 e. The minimum Gasteiger partial charge on any atom is -0.399 e. The van der Waals surface area contributed by atoms with Gasteiger partial charge in [-0.3, -0.25) is 14.2 Å². The molecule has 0 spiro atoms. The Morgan fingerprint density at radius 2 is 1.47 bits per heavy atom. The van der Waals surface area contributed by atoms with Crippen LogP contribution in [0.2, 0.25) is 0 Å². The number of carbonyl (C=O) groups excluding carboxylic acids is 2. The third-order valence-corrected chi connectivity index (χ3v) is 9.28. The number of carbonyl (C=O) groups is 2.